The Bertz CT molecular complexity index is 1170. The standard InChI is InChI=1S/C23H26N3O6P/c1-4-16-12-18-19(11-10-17(22(27)30-2)21(18)23(28)31-3)33(29,32-16)20-14-26(25-24-20)13-15-8-6-5-7-9-15/h5-9,11,14,16,18H,4,10,12-13H2,1-3H3/t16-,18?,33?/m0/s1. The fourth-order valence-electron chi connectivity index (χ4n) is 4.35. The number of carbonyl (C=O) groups excluding carboxylic acids is 2. The Morgan fingerprint density at radius 3 is 2.58 bits per heavy atom. The molecule has 4 rings (SSSR count). The zero-order chi connectivity index (χ0) is 23.6. The van der Waals surface area contributed by atoms with E-state index in [1.54, 1.807) is 17.0 Å². The molecule has 174 valence electrons. The number of allylic oxidation sites excluding steroid dienone is 2. The van der Waals surface area contributed by atoms with Crippen LogP contribution in [0, 0.1) is 5.92 Å². The highest BCUT2D eigenvalue weighted by Crippen LogP contribution is 2.64. The number of hydrogen-bond donors (Lipinski definition) is 0. The summed E-state index contributed by atoms with van der Waals surface area (Å²) in [7, 11) is -1.11. The van der Waals surface area contributed by atoms with E-state index >= 15 is 0 Å². The molecule has 2 aromatic rings. The summed E-state index contributed by atoms with van der Waals surface area (Å²) in [6, 6.07) is 9.73. The lowest BCUT2D eigenvalue weighted by atomic mass is 9.83. The molecule has 10 heteroatoms. The molecule has 1 aromatic heterocycles. The van der Waals surface area contributed by atoms with Crippen LogP contribution in [0.4, 0.5) is 0 Å². The molecule has 1 saturated heterocycles. The molecule has 1 fully saturated rings. The third-order valence-electron chi connectivity index (χ3n) is 5.99. The first-order chi connectivity index (χ1) is 15.9. The number of methoxy groups -OCH3 is 2. The van der Waals surface area contributed by atoms with Crippen molar-refractivity contribution in [3.8, 4) is 0 Å². The van der Waals surface area contributed by atoms with Crippen LogP contribution >= 0.6 is 7.37 Å². The second-order valence-electron chi connectivity index (χ2n) is 7.94. The summed E-state index contributed by atoms with van der Waals surface area (Å²) in [6.45, 7) is 2.38. The van der Waals surface area contributed by atoms with Gasteiger partial charge in [0.05, 0.1) is 44.2 Å². The third kappa shape index (κ3) is 4.30. The number of hydrogen-bond acceptors (Lipinski definition) is 8. The van der Waals surface area contributed by atoms with Crippen LogP contribution in [-0.2, 0) is 34.7 Å². The molecule has 0 radical (unpaired) electrons. The minimum Gasteiger partial charge on any atom is -0.466 e. The molecule has 1 aliphatic heterocycles. The quantitative estimate of drug-likeness (QED) is 0.467. The van der Waals surface area contributed by atoms with Crippen LogP contribution < -0.4 is 5.44 Å². The number of esters is 2. The zero-order valence-corrected chi connectivity index (χ0v) is 19.7. The molecule has 0 spiro atoms. The molecule has 2 aliphatic rings. The second kappa shape index (κ2) is 9.45. The Kier molecular flexibility index (Phi) is 6.63. The number of rotatable bonds is 6. The highest BCUT2D eigenvalue weighted by atomic mass is 31.2. The van der Waals surface area contributed by atoms with Gasteiger partial charge in [-0.05, 0) is 24.8 Å². The van der Waals surface area contributed by atoms with Gasteiger partial charge in [-0.1, -0.05) is 48.5 Å². The lowest BCUT2D eigenvalue weighted by Crippen LogP contribution is -2.34. The molecule has 0 bridgehead atoms. The van der Waals surface area contributed by atoms with Crippen LogP contribution in [0.5, 0.6) is 0 Å². The summed E-state index contributed by atoms with van der Waals surface area (Å²) in [5.41, 5.74) is 1.64. The van der Waals surface area contributed by atoms with Crippen molar-refractivity contribution in [3.05, 3.63) is 64.6 Å². The highest BCUT2D eigenvalue weighted by molar-refractivity contribution is 7.70. The fourth-order valence-corrected chi connectivity index (χ4v) is 6.92. The molecule has 3 atom stereocenters. The maximum Gasteiger partial charge on any atom is 0.334 e. The maximum absolute atomic E-state index is 14.3. The first kappa shape index (κ1) is 23.1. The monoisotopic (exact) mass is 471 g/mol. The van der Waals surface area contributed by atoms with Crippen molar-refractivity contribution in [1.82, 2.24) is 15.0 Å². The lowest BCUT2D eigenvalue weighted by molar-refractivity contribution is -0.140. The van der Waals surface area contributed by atoms with Gasteiger partial charge in [-0.2, -0.15) is 0 Å². The lowest BCUT2D eigenvalue weighted by Gasteiger charge is -2.39. The largest absolute Gasteiger partial charge is 0.466 e. The number of benzene rings is 1. The van der Waals surface area contributed by atoms with Crippen LogP contribution in [0.15, 0.2) is 59.1 Å². The van der Waals surface area contributed by atoms with Gasteiger partial charge < -0.3 is 14.0 Å². The van der Waals surface area contributed by atoms with Gasteiger partial charge in [-0.3, -0.25) is 4.57 Å². The number of ether oxygens (including phenoxy) is 2. The van der Waals surface area contributed by atoms with E-state index in [2.05, 4.69) is 10.3 Å². The van der Waals surface area contributed by atoms with Gasteiger partial charge in [-0.25, -0.2) is 14.3 Å². The summed E-state index contributed by atoms with van der Waals surface area (Å²) in [4.78, 5) is 25.1. The number of nitrogens with zero attached hydrogens (tertiary/aromatic N) is 3. The van der Waals surface area contributed by atoms with Gasteiger partial charge in [0, 0.05) is 11.2 Å². The van der Waals surface area contributed by atoms with Crippen LogP contribution in [0.25, 0.3) is 0 Å². The Morgan fingerprint density at radius 1 is 1.18 bits per heavy atom. The molecule has 0 N–H and O–H groups in total. The van der Waals surface area contributed by atoms with Gasteiger partial charge in [0.15, 0.2) is 5.44 Å². The zero-order valence-electron chi connectivity index (χ0n) is 18.8. The van der Waals surface area contributed by atoms with Crippen LogP contribution in [0.3, 0.4) is 0 Å². The molecular weight excluding hydrogens is 445 g/mol. The first-order valence-corrected chi connectivity index (χ1v) is 12.4. The fraction of sp³-hybridized carbons (Fsp3) is 0.391. The molecule has 33 heavy (non-hydrogen) atoms. The topological polar surface area (TPSA) is 110 Å². The number of fused-ring (bicyclic) bond motifs is 1. The van der Waals surface area contributed by atoms with E-state index < -0.39 is 31.3 Å². The average Bonchev–Trinajstić information content (AvgIpc) is 3.32. The summed E-state index contributed by atoms with van der Waals surface area (Å²) in [5, 5.41) is 8.80. The molecule has 2 heterocycles. The second-order valence-corrected chi connectivity index (χ2v) is 10.2. The van der Waals surface area contributed by atoms with Crippen molar-refractivity contribution < 1.29 is 28.2 Å². The predicted molar refractivity (Wildman–Crippen MR) is 120 cm³/mol. The predicted octanol–water partition coefficient (Wildman–Crippen LogP) is 2.98. The van der Waals surface area contributed by atoms with Crippen molar-refractivity contribution in [3.63, 3.8) is 0 Å². The summed E-state index contributed by atoms with van der Waals surface area (Å²) >= 11 is 0. The van der Waals surface area contributed by atoms with E-state index in [0.717, 1.165) is 5.56 Å². The molecule has 9 nitrogen and oxygen atoms in total. The van der Waals surface area contributed by atoms with E-state index in [4.69, 9.17) is 14.0 Å². The molecule has 1 aromatic carbocycles. The van der Waals surface area contributed by atoms with Gasteiger partial charge in [-0.15, -0.1) is 5.10 Å². The molecule has 2 unspecified atom stereocenters. The Morgan fingerprint density at radius 2 is 1.91 bits per heavy atom. The van der Waals surface area contributed by atoms with E-state index in [0.29, 0.717) is 24.7 Å². The maximum atomic E-state index is 14.3. The highest BCUT2D eigenvalue weighted by Gasteiger charge is 2.50. The Hall–Kier alpha value is -3.03. The average molecular weight is 471 g/mol. The van der Waals surface area contributed by atoms with Gasteiger partial charge in [0.1, 0.15) is 0 Å². The van der Waals surface area contributed by atoms with Crippen LogP contribution in [-0.4, -0.2) is 47.3 Å². The smallest absolute Gasteiger partial charge is 0.334 e. The van der Waals surface area contributed by atoms with Crippen molar-refractivity contribution in [2.75, 3.05) is 14.2 Å². The normalized spacial score (nSPS) is 24.6. The first-order valence-electron chi connectivity index (χ1n) is 10.7. The van der Waals surface area contributed by atoms with E-state index in [1.165, 1.54) is 14.2 Å². The van der Waals surface area contributed by atoms with Crippen molar-refractivity contribution in [1.29, 1.82) is 0 Å². The van der Waals surface area contributed by atoms with Crippen molar-refractivity contribution in [2.45, 2.75) is 38.8 Å². The number of aromatic nitrogens is 3. The van der Waals surface area contributed by atoms with Crippen molar-refractivity contribution >= 4 is 24.7 Å². The van der Waals surface area contributed by atoms with Crippen LogP contribution in [0.1, 0.15) is 31.7 Å². The van der Waals surface area contributed by atoms with Crippen LogP contribution in [0.2, 0.25) is 0 Å². The molecular formula is C23H26N3O6P. The van der Waals surface area contributed by atoms with E-state index in [9.17, 15) is 14.2 Å². The minimum atomic E-state index is -3.63. The SMILES string of the molecule is CC[C@H]1CC2C(=CCC(C(=O)OC)=C2C(=O)OC)P(=O)(c2cn(Cc3ccccc3)nn2)O1. The minimum absolute atomic E-state index is 0.0885. The molecule has 1 aliphatic carbocycles. The van der Waals surface area contributed by atoms with Gasteiger partial charge in [0.25, 0.3) is 7.37 Å². The molecule has 0 saturated carbocycles. The Balaban J connectivity index is 1.74. The number of carbonyl (C=O) groups is 2. The Labute approximate surface area is 191 Å². The molecule has 0 amide bonds. The summed E-state index contributed by atoms with van der Waals surface area (Å²) in [5.74, 6) is -1.83. The van der Waals surface area contributed by atoms with Crippen molar-refractivity contribution in [2.24, 2.45) is 5.92 Å². The van der Waals surface area contributed by atoms with E-state index in [1.807, 2.05) is 37.3 Å². The van der Waals surface area contributed by atoms with Gasteiger partial charge >= 0.3 is 11.9 Å². The third-order valence-corrected chi connectivity index (χ3v) is 8.57. The summed E-state index contributed by atoms with van der Waals surface area (Å²) < 4.78 is 31.9. The van der Waals surface area contributed by atoms with Gasteiger partial charge in [0.2, 0.25) is 0 Å². The van der Waals surface area contributed by atoms with E-state index in [-0.39, 0.29) is 23.0 Å². The summed E-state index contributed by atoms with van der Waals surface area (Å²) in [6.07, 6.45) is 4.00.